The van der Waals surface area contributed by atoms with Crippen LogP contribution < -0.4 is 5.73 Å². The Balaban J connectivity index is 2.85. The Kier molecular flexibility index (Phi) is 3.26. The summed E-state index contributed by atoms with van der Waals surface area (Å²) >= 11 is 3.30. The molecule has 0 unspecified atom stereocenters. The second kappa shape index (κ2) is 4.57. The van der Waals surface area contributed by atoms with Crippen molar-refractivity contribution in [1.29, 1.82) is 0 Å². The van der Waals surface area contributed by atoms with E-state index in [9.17, 15) is 9.59 Å². The summed E-state index contributed by atoms with van der Waals surface area (Å²) in [5.74, 6) is -0.275. The van der Waals surface area contributed by atoms with Crippen molar-refractivity contribution in [2.75, 3.05) is 5.73 Å². The van der Waals surface area contributed by atoms with E-state index in [0.717, 1.165) is 0 Å². The third kappa shape index (κ3) is 1.95. The van der Waals surface area contributed by atoms with Crippen LogP contribution in [0, 0.1) is 0 Å². The minimum absolute atomic E-state index is 0.106. The lowest BCUT2D eigenvalue weighted by atomic mass is 10.0. The van der Waals surface area contributed by atoms with Gasteiger partial charge in [0.1, 0.15) is 5.58 Å². The molecule has 4 nitrogen and oxygen atoms in total. The van der Waals surface area contributed by atoms with E-state index in [2.05, 4.69) is 15.9 Å². The molecule has 0 amide bonds. The summed E-state index contributed by atoms with van der Waals surface area (Å²) in [7, 11) is 0. The number of Topliss-reactive ketones (excluding diaryl/α,β-unsaturated/α-hetero) is 2. The van der Waals surface area contributed by atoms with Gasteiger partial charge in [0.15, 0.2) is 17.3 Å². The summed E-state index contributed by atoms with van der Waals surface area (Å²) in [4.78, 5) is 23.5. The maximum absolute atomic E-state index is 12.0. The number of nitrogens with two attached hydrogens (primary N) is 1. The summed E-state index contributed by atoms with van der Waals surface area (Å²) in [5.41, 5.74) is 7.06. The quantitative estimate of drug-likeness (QED) is 0.694. The van der Waals surface area contributed by atoms with Gasteiger partial charge in [-0.3, -0.25) is 9.59 Å². The number of carbonyl (C=O) groups is 2. The fourth-order valence-corrected chi connectivity index (χ4v) is 2.18. The Morgan fingerprint density at radius 3 is 2.61 bits per heavy atom. The van der Waals surface area contributed by atoms with E-state index >= 15 is 0 Å². The van der Waals surface area contributed by atoms with E-state index in [-0.39, 0.29) is 17.3 Å². The average Bonchev–Trinajstić information content (AvgIpc) is 2.67. The molecule has 94 valence electrons. The number of nitrogen functional groups attached to an aromatic ring is 1. The van der Waals surface area contributed by atoms with Crippen LogP contribution in [0.1, 0.15) is 41.2 Å². The van der Waals surface area contributed by atoms with E-state index in [1.165, 1.54) is 6.92 Å². The minimum Gasteiger partial charge on any atom is -0.452 e. The maximum Gasteiger partial charge on any atom is 0.195 e. The van der Waals surface area contributed by atoms with Crippen molar-refractivity contribution in [1.82, 2.24) is 0 Å². The molecule has 1 heterocycles. The SMILES string of the molecule is CCC(=O)c1c(C(C)=O)oc2cc(N)c(Br)cc12. The van der Waals surface area contributed by atoms with Crippen molar-refractivity contribution in [3.63, 3.8) is 0 Å². The lowest BCUT2D eigenvalue weighted by molar-refractivity contribution is 0.0952. The first-order valence-corrected chi connectivity index (χ1v) is 6.30. The van der Waals surface area contributed by atoms with E-state index in [1.807, 2.05) is 0 Å². The van der Waals surface area contributed by atoms with E-state index in [1.54, 1.807) is 19.1 Å². The highest BCUT2D eigenvalue weighted by atomic mass is 79.9. The molecule has 2 N–H and O–H groups in total. The van der Waals surface area contributed by atoms with Gasteiger partial charge >= 0.3 is 0 Å². The Morgan fingerprint density at radius 2 is 2.06 bits per heavy atom. The number of hydrogen-bond donors (Lipinski definition) is 1. The van der Waals surface area contributed by atoms with E-state index in [4.69, 9.17) is 10.2 Å². The van der Waals surface area contributed by atoms with Crippen molar-refractivity contribution in [3.05, 3.63) is 27.9 Å². The number of benzene rings is 1. The predicted molar refractivity (Wildman–Crippen MR) is 73.0 cm³/mol. The third-order valence-electron chi connectivity index (χ3n) is 2.73. The van der Waals surface area contributed by atoms with Crippen LogP contribution in [0.4, 0.5) is 5.69 Å². The average molecular weight is 310 g/mol. The minimum atomic E-state index is -0.266. The molecule has 0 aliphatic heterocycles. The first kappa shape index (κ1) is 12.8. The van der Waals surface area contributed by atoms with E-state index in [0.29, 0.717) is 33.1 Å². The zero-order valence-electron chi connectivity index (χ0n) is 10.0. The molecule has 0 saturated heterocycles. The molecule has 0 saturated carbocycles. The number of rotatable bonds is 3. The maximum atomic E-state index is 12.0. The van der Waals surface area contributed by atoms with Gasteiger partial charge in [-0.15, -0.1) is 0 Å². The molecule has 18 heavy (non-hydrogen) atoms. The molecule has 0 radical (unpaired) electrons. The molecule has 2 rings (SSSR count). The van der Waals surface area contributed by atoms with Crippen LogP contribution in [0.3, 0.4) is 0 Å². The van der Waals surface area contributed by atoms with Gasteiger partial charge in [-0.25, -0.2) is 0 Å². The number of anilines is 1. The first-order chi connectivity index (χ1) is 8.45. The fraction of sp³-hybridized carbons (Fsp3) is 0.231. The summed E-state index contributed by atoms with van der Waals surface area (Å²) in [5, 5.41) is 0.619. The lowest BCUT2D eigenvalue weighted by Crippen LogP contribution is -2.03. The monoisotopic (exact) mass is 309 g/mol. The van der Waals surface area contributed by atoms with Gasteiger partial charge in [0.25, 0.3) is 0 Å². The molecule has 1 aromatic carbocycles. The van der Waals surface area contributed by atoms with Crippen molar-refractivity contribution < 1.29 is 14.0 Å². The Morgan fingerprint density at radius 1 is 1.39 bits per heavy atom. The number of ketones is 2. The predicted octanol–water partition coefficient (Wildman–Crippen LogP) is 3.57. The largest absolute Gasteiger partial charge is 0.452 e. The molecular weight excluding hydrogens is 298 g/mol. The standard InChI is InChI=1S/C13H12BrNO3/c1-3-10(17)12-7-4-8(14)9(15)5-11(7)18-13(12)6(2)16/h4-5H,3,15H2,1-2H3. The summed E-state index contributed by atoms with van der Waals surface area (Å²) < 4.78 is 6.13. The van der Waals surface area contributed by atoms with Crippen molar-refractivity contribution in [2.45, 2.75) is 20.3 Å². The number of fused-ring (bicyclic) bond motifs is 1. The molecule has 0 spiro atoms. The first-order valence-electron chi connectivity index (χ1n) is 5.51. The zero-order chi connectivity index (χ0) is 13.4. The van der Waals surface area contributed by atoms with Crippen LogP contribution >= 0.6 is 15.9 Å². The number of hydrogen-bond acceptors (Lipinski definition) is 4. The van der Waals surface area contributed by atoms with Gasteiger partial charge in [-0.05, 0) is 22.0 Å². The van der Waals surface area contributed by atoms with Gasteiger partial charge in [-0.2, -0.15) is 0 Å². The van der Waals surface area contributed by atoms with E-state index < -0.39 is 0 Å². The highest BCUT2D eigenvalue weighted by molar-refractivity contribution is 9.10. The van der Waals surface area contributed by atoms with Crippen LogP contribution in [0.5, 0.6) is 0 Å². The van der Waals surface area contributed by atoms with Crippen LogP contribution in [0.15, 0.2) is 21.0 Å². The van der Waals surface area contributed by atoms with Crippen molar-refractivity contribution in [3.8, 4) is 0 Å². The molecule has 2 aromatic rings. The molecule has 0 atom stereocenters. The Bertz CT molecular complexity index is 658. The van der Waals surface area contributed by atoms with Gasteiger partial charge in [-0.1, -0.05) is 6.92 Å². The molecule has 1 aromatic heterocycles. The summed E-state index contributed by atoms with van der Waals surface area (Å²) in [6.45, 7) is 3.12. The van der Waals surface area contributed by atoms with Crippen LogP contribution in [0.2, 0.25) is 0 Å². The fourth-order valence-electron chi connectivity index (χ4n) is 1.83. The van der Waals surface area contributed by atoms with Gasteiger partial charge in [0.05, 0.1) is 5.56 Å². The molecule has 0 fully saturated rings. The Labute approximate surface area is 112 Å². The van der Waals surface area contributed by atoms with Gasteiger partial charge in [0.2, 0.25) is 0 Å². The van der Waals surface area contributed by atoms with Crippen LogP contribution in [-0.4, -0.2) is 11.6 Å². The molecular formula is C13H12BrNO3. The summed E-state index contributed by atoms with van der Waals surface area (Å²) in [6, 6.07) is 3.32. The molecule has 0 bridgehead atoms. The van der Waals surface area contributed by atoms with Gasteiger partial charge < -0.3 is 10.2 Å². The van der Waals surface area contributed by atoms with Crippen molar-refractivity contribution >= 4 is 44.2 Å². The Hall–Kier alpha value is -1.62. The lowest BCUT2D eigenvalue weighted by Gasteiger charge is -1.99. The number of furan rings is 1. The highest BCUT2D eigenvalue weighted by Gasteiger charge is 2.23. The normalized spacial score (nSPS) is 10.8. The third-order valence-corrected chi connectivity index (χ3v) is 3.41. The number of carbonyl (C=O) groups excluding carboxylic acids is 2. The van der Waals surface area contributed by atoms with Gasteiger partial charge in [0, 0.05) is 35.0 Å². The smallest absolute Gasteiger partial charge is 0.195 e. The van der Waals surface area contributed by atoms with Crippen LogP contribution in [0.25, 0.3) is 11.0 Å². The second-order valence-corrected chi connectivity index (χ2v) is 4.86. The highest BCUT2D eigenvalue weighted by Crippen LogP contribution is 2.33. The second-order valence-electron chi connectivity index (χ2n) is 4.01. The summed E-state index contributed by atoms with van der Waals surface area (Å²) in [6.07, 6.45) is 0.316. The molecule has 0 aliphatic carbocycles. The topological polar surface area (TPSA) is 73.3 Å². The zero-order valence-corrected chi connectivity index (χ0v) is 11.6. The molecule has 0 aliphatic rings. The van der Waals surface area contributed by atoms with Crippen molar-refractivity contribution in [2.24, 2.45) is 0 Å². The van der Waals surface area contributed by atoms with Crippen LogP contribution in [-0.2, 0) is 0 Å². The molecule has 5 heteroatoms. The number of halogens is 1.